The van der Waals surface area contributed by atoms with Crippen molar-refractivity contribution < 1.29 is 0 Å². The number of hydrogen-bond donors (Lipinski definition) is 1. The molecule has 0 atom stereocenters. The Balaban J connectivity index is 2.02. The molecule has 0 radical (unpaired) electrons. The Morgan fingerprint density at radius 1 is 0.833 bits per heavy atom. The van der Waals surface area contributed by atoms with Crippen LogP contribution in [0.3, 0.4) is 0 Å². The summed E-state index contributed by atoms with van der Waals surface area (Å²) in [5, 5.41) is 0. The highest BCUT2D eigenvalue weighted by Gasteiger charge is 2.16. The number of rotatable bonds is 4. The molecule has 0 heterocycles. The smallest absolute Gasteiger partial charge is 0.0699 e. The summed E-state index contributed by atoms with van der Waals surface area (Å²) >= 11 is 0. The summed E-state index contributed by atoms with van der Waals surface area (Å²) < 4.78 is 0. The quantitative estimate of drug-likeness (QED) is 0.773. The molecule has 2 nitrogen and oxygen atoms in total. The van der Waals surface area contributed by atoms with Crippen LogP contribution in [0.15, 0.2) is 71.2 Å². The lowest BCUT2D eigenvalue weighted by Gasteiger charge is -2.20. The molecule has 1 aliphatic carbocycles. The predicted octanol–water partition coefficient (Wildman–Crippen LogP) is 5.20. The van der Waals surface area contributed by atoms with Gasteiger partial charge in [0.2, 0.25) is 0 Å². The van der Waals surface area contributed by atoms with Crippen LogP contribution < -0.4 is 5.73 Å². The molecule has 0 unspecified atom stereocenters. The second-order valence-electron chi connectivity index (χ2n) is 6.54. The molecular weight excluding hydrogens is 292 g/mol. The van der Waals surface area contributed by atoms with Crippen LogP contribution in [0.25, 0.3) is 5.70 Å². The summed E-state index contributed by atoms with van der Waals surface area (Å²) in [5.41, 5.74) is 11.6. The molecule has 0 saturated heterocycles. The molecule has 1 fully saturated rings. The second-order valence-corrected chi connectivity index (χ2v) is 6.54. The van der Waals surface area contributed by atoms with E-state index in [0.29, 0.717) is 6.04 Å². The van der Waals surface area contributed by atoms with Crippen molar-refractivity contribution >= 4 is 11.4 Å². The Labute approximate surface area is 145 Å². The molecule has 0 amide bonds. The van der Waals surface area contributed by atoms with Crippen LogP contribution in [0, 0.1) is 0 Å². The van der Waals surface area contributed by atoms with Crippen molar-refractivity contribution in [3.05, 3.63) is 77.4 Å². The van der Waals surface area contributed by atoms with Gasteiger partial charge in [-0.05, 0) is 30.9 Å². The third kappa shape index (κ3) is 3.94. The Kier molecular flexibility index (Phi) is 5.47. The molecule has 0 bridgehead atoms. The van der Waals surface area contributed by atoms with E-state index >= 15 is 0 Å². The van der Waals surface area contributed by atoms with E-state index in [1.165, 1.54) is 32.1 Å². The highest BCUT2D eigenvalue weighted by atomic mass is 14.8. The molecule has 2 aromatic carbocycles. The van der Waals surface area contributed by atoms with Crippen molar-refractivity contribution in [2.24, 2.45) is 10.7 Å². The summed E-state index contributed by atoms with van der Waals surface area (Å²) in [6.07, 6.45) is 6.29. The van der Waals surface area contributed by atoms with Crippen molar-refractivity contribution in [3.8, 4) is 0 Å². The fraction of sp³-hybridized carbons (Fsp3) is 0.318. The average Bonchev–Trinajstić information content (AvgIpc) is 2.67. The van der Waals surface area contributed by atoms with E-state index in [0.717, 1.165) is 28.1 Å². The van der Waals surface area contributed by atoms with Crippen LogP contribution in [0.5, 0.6) is 0 Å². The first-order valence-corrected chi connectivity index (χ1v) is 8.91. The van der Waals surface area contributed by atoms with Gasteiger partial charge in [-0.3, -0.25) is 4.99 Å². The van der Waals surface area contributed by atoms with Crippen molar-refractivity contribution in [2.45, 2.75) is 45.1 Å². The number of nitrogens with two attached hydrogens (primary N) is 1. The van der Waals surface area contributed by atoms with Gasteiger partial charge in [-0.1, -0.05) is 79.9 Å². The minimum absolute atomic E-state index is 0.424. The van der Waals surface area contributed by atoms with Gasteiger partial charge < -0.3 is 5.73 Å². The first-order chi connectivity index (χ1) is 11.8. The molecule has 3 rings (SSSR count). The van der Waals surface area contributed by atoms with E-state index in [4.69, 9.17) is 10.7 Å². The number of aliphatic imine (C=N–C) groups is 1. The average molecular weight is 318 g/mol. The van der Waals surface area contributed by atoms with E-state index < -0.39 is 0 Å². The molecule has 1 saturated carbocycles. The van der Waals surface area contributed by atoms with Crippen molar-refractivity contribution in [3.63, 3.8) is 0 Å². The van der Waals surface area contributed by atoms with Gasteiger partial charge in [-0.25, -0.2) is 0 Å². The lowest BCUT2D eigenvalue weighted by molar-refractivity contribution is 0.443. The van der Waals surface area contributed by atoms with Crippen molar-refractivity contribution in [1.82, 2.24) is 0 Å². The molecule has 1 aliphatic rings. The van der Waals surface area contributed by atoms with Gasteiger partial charge in [0.1, 0.15) is 0 Å². The minimum atomic E-state index is 0.424. The summed E-state index contributed by atoms with van der Waals surface area (Å²) in [7, 11) is 0. The molecule has 2 heteroatoms. The van der Waals surface area contributed by atoms with Crippen LogP contribution in [-0.2, 0) is 0 Å². The summed E-state index contributed by atoms with van der Waals surface area (Å²) in [4.78, 5) is 5.13. The number of hydrogen-bond acceptors (Lipinski definition) is 2. The second kappa shape index (κ2) is 7.96. The maximum absolute atomic E-state index is 6.48. The van der Waals surface area contributed by atoms with E-state index in [1.54, 1.807) is 0 Å². The zero-order chi connectivity index (χ0) is 16.8. The fourth-order valence-corrected chi connectivity index (χ4v) is 3.34. The Bertz CT molecular complexity index is 708. The number of allylic oxidation sites excluding steroid dienone is 1. The molecule has 2 N–H and O–H groups in total. The first kappa shape index (κ1) is 16.5. The third-order valence-corrected chi connectivity index (χ3v) is 4.78. The molecule has 0 aromatic heterocycles. The molecule has 0 aliphatic heterocycles. The van der Waals surface area contributed by atoms with E-state index in [1.807, 2.05) is 24.3 Å². The predicted molar refractivity (Wildman–Crippen MR) is 103 cm³/mol. The SMILES string of the molecule is C/C(C(=NC1CCCCC1)c1ccccc1)=C(/N)c1ccccc1. The fourth-order valence-electron chi connectivity index (χ4n) is 3.34. The largest absolute Gasteiger partial charge is 0.398 e. The topological polar surface area (TPSA) is 38.4 Å². The molecule has 24 heavy (non-hydrogen) atoms. The van der Waals surface area contributed by atoms with Gasteiger partial charge >= 0.3 is 0 Å². The van der Waals surface area contributed by atoms with Gasteiger partial charge in [0.05, 0.1) is 11.8 Å². The lowest BCUT2D eigenvalue weighted by atomic mass is 9.94. The van der Waals surface area contributed by atoms with Gasteiger partial charge in [-0.2, -0.15) is 0 Å². The third-order valence-electron chi connectivity index (χ3n) is 4.78. The first-order valence-electron chi connectivity index (χ1n) is 8.91. The van der Waals surface area contributed by atoms with E-state index in [9.17, 15) is 0 Å². The normalized spacial score (nSPS) is 17.5. The lowest BCUT2D eigenvalue weighted by Crippen LogP contribution is -2.16. The van der Waals surface area contributed by atoms with Crippen molar-refractivity contribution in [2.75, 3.05) is 0 Å². The van der Waals surface area contributed by atoms with Crippen LogP contribution in [0.1, 0.15) is 50.2 Å². The zero-order valence-electron chi connectivity index (χ0n) is 14.4. The van der Waals surface area contributed by atoms with Crippen LogP contribution >= 0.6 is 0 Å². The van der Waals surface area contributed by atoms with E-state index in [2.05, 4.69) is 43.3 Å². The number of nitrogens with zero attached hydrogens (tertiary/aromatic N) is 1. The maximum atomic E-state index is 6.48. The van der Waals surface area contributed by atoms with Gasteiger partial charge in [0, 0.05) is 11.3 Å². The number of benzene rings is 2. The zero-order valence-corrected chi connectivity index (χ0v) is 14.4. The van der Waals surface area contributed by atoms with Crippen LogP contribution in [0.2, 0.25) is 0 Å². The molecule has 124 valence electrons. The molecule has 0 spiro atoms. The Morgan fingerprint density at radius 3 is 1.96 bits per heavy atom. The highest BCUT2D eigenvalue weighted by Crippen LogP contribution is 2.24. The van der Waals surface area contributed by atoms with Gasteiger partial charge in [0.15, 0.2) is 0 Å². The highest BCUT2D eigenvalue weighted by molar-refractivity contribution is 6.16. The van der Waals surface area contributed by atoms with Crippen molar-refractivity contribution in [1.29, 1.82) is 0 Å². The molecular formula is C22H26N2. The van der Waals surface area contributed by atoms with Gasteiger partial charge in [-0.15, -0.1) is 0 Å². The van der Waals surface area contributed by atoms with Gasteiger partial charge in [0.25, 0.3) is 0 Å². The monoisotopic (exact) mass is 318 g/mol. The van der Waals surface area contributed by atoms with Crippen LogP contribution in [0.4, 0.5) is 0 Å². The van der Waals surface area contributed by atoms with Crippen LogP contribution in [-0.4, -0.2) is 11.8 Å². The standard InChI is InChI=1S/C22H26N2/c1-17(21(23)18-11-5-2-6-12-18)22(19-13-7-3-8-14-19)24-20-15-9-4-10-16-20/h2-3,5-8,11-14,20H,4,9-10,15-16,23H2,1H3/b21-17-,24-22?. The Morgan fingerprint density at radius 2 is 1.38 bits per heavy atom. The van der Waals surface area contributed by atoms with E-state index in [-0.39, 0.29) is 0 Å². The minimum Gasteiger partial charge on any atom is -0.398 e. The Hall–Kier alpha value is -2.35. The summed E-state index contributed by atoms with van der Waals surface area (Å²) in [6, 6.07) is 21.0. The molecule has 2 aromatic rings. The maximum Gasteiger partial charge on any atom is 0.0699 e. The summed E-state index contributed by atoms with van der Waals surface area (Å²) in [5.74, 6) is 0. The summed E-state index contributed by atoms with van der Waals surface area (Å²) in [6.45, 7) is 2.09.